The fourth-order valence-corrected chi connectivity index (χ4v) is 2.86. The molecule has 1 atom stereocenters. The summed E-state index contributed by atoms with van der Waals surface area (Å²) in [5.41, 5.74) is 0. The Morgan fingerprint density at radius 2 is 2.10 bits per heavy atom. The minimum absolute atomic E-state index is 0.0879. The van der Waals surface area contributed by atoms with Crippen LogP contribution in [0.3, 0.4) is 0 Å². The van der Waals surface area contributed by atoms with E-state index in [9.17, 15) is 4.79 Å². The predicted molar refractivity (Wildman–Crippen MR) is 78.6 cm³/mol. The van der Waals surface area contributed by atoms with Gasteiger partial charge < -0.3 is 10.2 Å². The molecule has 1 saturated heterocycles. The van der Waals surface area contributed by atoms with E-state index in [1.807, 2.05) is 12.1 Å². The van der Waals surface area contributed by atoms with Gasteiger partial charge in [0.15, 0.2) is 11.6 Å². The number of rotatable bonds is 3. The van der Waals surface area contributed by atoms with Crippen molar-refractivity contribution >= 4 is 17.5 Å². The van der Waals surface area contributed by atoms with Gasteiger partial charge in [0, 0.05) is 19.0 Å². The number of nitrogens with zero attached hydrogens (tertiary/aromatic N) is 3. The molecule has 20 heavy (non-hydrogen) atoms. The Bertz CT molecular complexity index is 469. The summed E-state index contributed by atoms with van der Waals surface area (Å²) in [6.45, 7) is 4.36. The molecular formula is C15H22N4O. The highest BCUT2D eigenvalue weighted by Gasteiger charge is 2.25. The monoisotopic (exact) mass is 274 g/mol. The van der Waals surface area contributed by atoms with E-state index in [2.05, 4.69) is 27.3 Å². The van der Waals surface area contributed by atoms with Gasteiger partial charge >= 0.3 is 0 Å². The summed E-state index contributed by atoms with van der Waals surface area (Å²) in [6.07, 6.45) is 5.67. The molecule has 0 bridgehead atoms. The van der Waals surface area contributed by atoms with Crippen LogP contribution < -0.4 is 10.2 Å². The van der Waals surface area contributed by atoms with Crippen LogP contribution in [0.25, 0.3) is 0 Å². The molecule has 5 nitrogen and oxygen atoms in total. The van der Waals surface area contributed by atoms with Gasteiger partial charge in [-0.25, -0.2) is 0 Å². The van der Waals surface area contributed by atoms with Crippen LogP contribution in [-0.4, -0.2) is 29.2 Å². The number of nitrogens with one attached hydrogen (secondary N) is 1. The van der Waals surface area contributed by atoms with Crippen LogP contribution in [0.1, 0.15) is 39.0 Å². The largest absolute Gasteiger partial charge is 0.355 e. The molecule has 5 heteroatoms. The van der Waals surface area contributed by atoms with Crippen molar-refractivity contribution in [3.8, 4) is 0 Å². The van der Waals surface area contributed by atoms with Gasteiger partial charge in [-0.05, 0) is 43.7 Å². The number of carbonyl (C=O) groups is 1. The van der Waals surface area contributed by atoms with Crippen LogP contribution in [-0.2, 0) is 4.79 Å². The molecule has 1 N–H and O–H groups in total. The average Bonchev–Trinajstić information content (AvgIpc) is 2.37. The van der Waals surface area contributed by atoms with Gasteiger partial charge in [0.25, 0.3) is 0 Å². The van der Waals surface area contributed by atoms with Gasteiger partial charge in [-0.3, -0.25) is 4.79 Å². The van der Waals surface area contributed by atoms with Crippen LogP contribution in [0.2, 0.25) is 0 Å². The highest BCUT2D eigenvalue weighted by molar-refractivity contribution is 5.92. The lowest BCUT2D eigenvalue weighted by atomic mass is 9.85. The van der Waals surface area contributed by atoms with Crippen molar-refractivity contribution in [2.24, 2.45) is 11.8 Å². The Morgan fingerprint density at radius 3 is 2.70 bits per heavy atom. The van der Waals surface area contributed by atoms with Gasteiger partial charge in [0.05, 0.1) is 0 Å². The highest BCUT2D eigenvalue weighted by Crippen LogP contribution is 2.27. The molecular weight excluding hydrogens is 252 g/mol. The summed E-state index contributed by atoms with van der Waals surface area (Å²) in [5, 5.41) is 11.2. The summed E-state index contributed by atoms with van der Waals surface area (Å²) in [7, 11) is 0. The van der Waals surface area contributed by atoms with Crippen molar-refractivity contribution in [2.45, 2.75) is 39.0 Å². The first-order chi connectivity index (χ1) is 9.72. The number of piperidine rings is 1. The van der Waals surface area contributed by atoms with Crippen molar-refractivity contribution < 1.29 is 4.79 Å². The Hall–Kier alpha value is -1.65. The van der Waals surface area contributed by atoms with E-state index in [0.29, 0.717) is 11.7 Å². The number of aromatic nitrogens is 2. The Kier molecular flexibility index (Phi) is 3.85. The average molecular weight is 274 g/mol. The first kappa shape index (κ1) is 13.3. The third kappa shape index (κ3) is 2.92. The maximum Gasteiger partial charge on any atom is 0.228 e. The summed E-state index contributed by atoms with van der Waals surface area (Å²) >= 11 is 0. The summed E-state index contributed by atoms with van der Waals surface area (Å²) < 4.78 is 0. The van der Waals surface area contributed by atoms with E-state index < -0.39 is 0 Å². The third-order valence-electron chi connectivity index (χ3n) is 4.36. The fourth-order valence-electron chi connectivity index (χ4n) is 2.86. The Labute approximate surface area is 119 Å². The van der Waals surface area contributed by atoms with E-state index in [1.165, 1.54) is 12.8 Å². The van der Waals surface area contributed by atoms with E-state index in [-0.39, 0.29) is 11.8 Å². The van der Waals surface area contributed by atoms with Crippen molar-refractivity contribution in [1.82, 2.24) is 10.2 Å². The smallest absolute Gasteiger partial charge is 0.228 e. The molecule has 1 amide bonds. The molecule has 3 rings (SSSR count). The maximum atomic E-state index is 11.8. The van der Waals surface area contributed by atoms with E-state index in [0.717, 1.165) is 38.2 Å². The highest BCUT2D eigenvalue weighted by atomic mass is 16.2. The van der Waals surface area contributed by atoms with Crippen LogP contribution in [0.5, 0.6) is 0 Å². The predicted octanol–water partition coefficient (Wildman–Crippen LogP) is 2.45. The number of anilines is 2. The SMILES string of the molecule is CC1CCCN(c2ccc(NC(=O)C3CCC3)nn2)C1. The van der Waals surface area contributed by atoms with Gasteiger partial charge in [-0.2, -0.15) is 0 Å². The van der Waals surface area contributed by atoms with Crippen molar-refractivity contribution in [2.75, 3.05) is 23.3 Å². The number of hydrogen-bond donors (Lipinski definition) is 1. The molecule has 1 saturated carbocycles. The Morgan fingerprint density at radius 1 is 1.25 bits per heavy atom. The zero-order chi connectivity index (χ0) is 13.9. The minimum Gasteiger partial charge on any atom is -0.355 e. The van der Waals surface area contributed by atoms with Gasteiger partial charge in [-0.1, -0.05) is 13.3 Å². The van der Waals surface area contributed by atoms with E-state index >= 15 is 0 Å². The van der Waals surface area contributed by atoms with Crippen molar-refractivity contribution in [3.63, 3.8) is 0 Å². The van der Waals surface area contributed by atoms with Crippen molar-refractivity contribution in [3.05, 3.63) is 12.1 Å². The molecule has 1 aliphatic heterocycles. The fraction of sp³-hybridized carbons (Fsp3) is 0.667. The van der Waals surface area contributed by atoms with Gasteiger partial charge in [0.1, 0.15) is 0 Å². The number of carbonyl (C=O) groups excluding carboxylic acids is 1. The summed E-state index contributed by atoms with van der Waals surface area (Å²) in [6, 6.07) is 3.82. The first-order valence-electron chi connectivity index (χ1n) is 7.62. The normalized spacial score (nSPS) is 23.2. The molecule has 2 heterocycles. The lowest BCUT2D eigenvalue weighted by Crippen LogP contribution is -2.35. The zero-order valence-corrected chi connectivity index (χ0v) is 12.0. The molecule has 108 valence electrons. The van der Waals surface area contributed by atoms with Gasteiger partial charge in [-0.15, -0.1) is 10.2 Å². The first-order valence-corrected chi connectivity index (χ1v) is 7.62. The number of hydrogen-bond acceptors (Lipinski definition) is 4. The summed E-state index contributed by atoms with van der Waals surface area (Å²) in [4.78, 5) is 14.1. The molecule has 0 spiro atoms. The van der Waals surface area contributed by atoms with Gasteiger partial charge in [0.2, 0.25) is 5.91 Å². The molecule has 2 fully saturated rings. The van der Waals surface area contributed by atoms with Crippen LogP contribution in [0.15, 0.2) is 12.1 Å². The lowest BCUT2D eigenvalue weighted by molar-refractivity contribution is -0.122. The molecule has 0 aromatic carbocycles. The van der Waals surface area contributed by atoms with Crippen LogP contribution >= 0.6 is 0 Å². The van der Waals surface area contributed by atoms with Crippen LogP contribution in [0.4, 0.5) is 11.6 Å². The van der Waals surface area contributed by atoms with Crippen LogP contribution in [0, 0.1) is 11.8 Å². The second-order valence-corrected chi connectivity index (χ2v) is 6.09. The van der Waals surface area contributed by atoms with Crippen molar-refractivity contribution in [1.29, 1.82) is 0 Å². The third-order valence-corrected chi connectivity index (χ3v) is 4.36. The Balaban J connectivity index is 1.60. The second kappa shape index (κ2) is 5.77. The zero-order valence-electron chi connectivity index (χ0n) is 12.0. The topological polar surface area (TPSA) is 58.1 Å². The quantitative estimate of drug-likeness (QED) is 0.919. The number of amides is 1. The molecule has 1 aromatic rings. The molecule has 0 radical (unpaired) electrons. The molecule has 2 aliphatic rings. The molecule has 1 aromatic heterocycles. The second-order valence-electron chi connectivity index (χ2n) is 6.09. The minimum atomic E-state index is 0.0879. The maximum absolute atomic E-state index is 11.8. The lowest BCUT2D eigenvalue weighted by Gasteiger charge is -2.31. The van der Waals surface area contributed by atoms with E-state index in [1.54, 1.807) is 0 Å². The van der Waals surface area contributed by atoms with E-state index in [4.69, 9.17) is 0 Å². The molecule has 1 unspecified atom stereocenters. The standard InChI is InChI=1S/C15H22N4O/c1-11-4-3-9-19(10-11)14-8-7-13(17-18-14)16-15(20)12-5-2-6-12/h7-8,11-12H,2-6,9-10H2,1H3,(H,16,17,20). The summed E-state index contributed by atoms with van der Waals surface area (Å²) in [5.74, 6) is 2.46. The molecule has 1 aliphatic carbocycles.